The van der Waals surface area contributed by atoms with Gasteiger partial charge in [-0.25, -0.2) is 10.2 Å². The molecule has 25 heavy (non-hydrogen) atoms. The average Bonchev–Trinajstić information content (AvgIpc) is 2.63. The number of benzene rings is 2. The molecule has 0 atom stereocenters. The first kappa shape index (κ1) is 18.5. The third-order valence-corrected chi connectivity index (χ3v) is 3.60. The Morgan fingerprint density at radius 3 is 2.16 bits per heavy atom. The van der Waals surface area contributed by atoms with Gasteiger partial charge in [0.15, 0.2) is 0 Å². The fourth-order valence-electron chi connectivity index (χ4n) is 1.90. The van der Waals surface area contributed by atoms with Crippen molar-refractivity contribution in [1.82, 2.24) is 21.5 Å². The highest BCUT2D eigenvalue weighted by Gasteiger charge is 2.07. The third-order valence-electron chi connectivity index (χ3n) is 3.11. The van der Waals surface area contributed by atoms with Crippen LogP contribution in [0.25, 0.3) is 0 Å². The molecule has 0 heterocycles. The fraction of sp³-hybridized carbons (Fsp3) is 0.118. The largest absolute Gasteiger partial charge is 0.350 e. The number of hydrogen-bond acceptors (Lipinski definition) is 3. The Balaban J connectivity index is 1.64. The number of carbonyl (C=O) groups excluding carboxylic acids is 3. The molecule has 0 radical (unpaired) electrons. The first-order valence-electron chi connectivity index (χ1n) is 7.49. The number of urea groups is 1. The maximum Gasteiger partial charge on any atom is 0.333 e. The lowest BCUT2D eigenvalue weighted by molar-refractivity contribution is 0.0935. The minimum atomic E-state index is -0.569. The van der Waals surface area contributed by atoms with Crippen LogP contribution in [0, 0.1) is 0 Å². The van der Waals surface area contributed by atoms with E-state index in [9.17, 15) is 14.4 Å². The van der Waals surface area contributed by atoms with Crippen molar-refractivity contribution in [3.8, 4) is 0 Å². The molecule has 0 aromatic heterocycles. The first-order valence-corrected chi connectivity index (χ1v) is 8.28. The van der Waals surface area contributed by atoms with Crippen molar-refractivity contribution in [1.29, 1.82) is 0 Å². The summed E-state index contributed by atoms with van der Waals surface area (Å²) in [4.78, 5) is 35.2. The number of hydrogen-bond donors (Lipinski definition) is 4. The Hall–Kier alpha value is -2.87. The Bertz CT molecular complexity index is 753. The molecule has 4 N–H and O–H groups in total. The van der Waals surface area contributed by atoms with Crippen LogP contribution in [-0.2, 0) is 0 Å². The molecule has 2 aromatic rings. The number of amides is 4. The van der Waals surface area contributed by atoms with Gasteiger partial charge in [-0.1, -0.05) is 40.2 Å². The molecule has 0 aliphatic carbocycles. The van der Waals surface area contributed by atoms with E-state index >= 15 is 0 Å². The van der Waals surface area contributed by atoms with Crippen molar-refractivity contribution in [3.05, 3.63) is 70.2 Å². The summed E-state index contributed by atoms with van der Waals surface area (Å²) >= 11 is 3.30. The molecule has 0 bridgehead atoms. The fourth-order valence-corrected chi connectivity index (χ4v) is 2.30. The van der Waals surface area contributed by atoms with Crippen LogP contribution < -0.4 is 21.5 Å². The molecule has 0 saturated heterocycles. The van der Waals surface area contributed by atoms with E-state index in [1.165, 1.54) is 0 Å². The third kappa shape index (κ3) is 6.27. The summed E-state index contributed by atoms with van der Waals surface area (Å²) in [6.07, 6.45) is 0. The van der Waals surface area contributed by atoms with Gasteiger partial charge in [0, 0.05) is 28.7 Å². The molecular weight excluding hydrogens is 388 g/mol. The topological polar surface area (TPSA) is 99.3 Å². The highest BCUT2D eigenvalue weighted by molar-refractivity contribution is 9.10. The standard InChI is InChI=1S/C17H17BrN4O3/c18-14-8-4-7-13(11-14)15(23)19-9-10-20-17(25)22-21-16(24)12-5-2-1-3-6-12/h1-8,11H,9-10H2,(H,19,23)(H,21,24)(H2,20,22,25). The molecule has 0 fully saturated rings. The van der Waals surface area contributed by atoms with Gasteiger partial charge in [-0.2, -0.15) is 0 Å². The SMILES string of the molecule is O=C(NCCNC(=O)c1cccc(Br)c1)NNC(=O)c1ccccc1. The summed E-state index contributed by atoms with van der Waals surface area (Å²) in [5, 5.41) is 5.20. The van der Waals surface area contributed by atoms with Gasteiger partial charge in [-0.3, -0.25) is 15.0 Å². The van der Waals surface area contributed by atoms with Gasteiger partial charge >= 0.3 is 6.03 Å². The molecule has 2 rings (SSSR count). The van der Waals surface area contributed by atoms with Crippen LogP contribution in [0.15, 0.2) is 59.1 Å². The zero-order valence-electron chi connectivity index (χ0n) is 13.2. The van der Waals surface area contributed by atoms with Crippen molar-refractivity contribution in [3.63, 3.8) is 0 Å². The highest BCUT2D eigenvalue weighted by Crippen LogP contribution is 2.11. The van der Waals surface area contributed by atoms with Crippen LogP contribution in [0.4, 0.5) is 4.79 Å². The Morgan fingerprint density at radius 2 is 1.44 bits per heavy atom. The van der Waals surface area contributed by atoms with Crippen LogP contribution in [0.5, 0.6) is 0 Å². The lowest BCUT2D eigenvalue weighted by atomic mass is 10.2. The minimum Gasteiger partial charge on any atom is -0.350 e. The smallest absolute Gasteiger partial charge is 0.333 e. The van der Waals surface area contributed by atoms with Gasteiger partial charge in [0.25, 0.3) is 11.8 Å². The van der Waals surface area contributed by atoms with Crippen molar-refractivity contribution < 1.29 is 14.4 Å². The molecule has 4 amide bonds. The summed E-state index contributed by atoms with van der Waals surface area (Å²) < 4.78 is 0.812. The summed E-state index contributed by atoms with van der Waals surface area (Å²) in [5.41, 5.74) is 5.48. The quantitative estimate of drug-likeness (QED) is 0.451. The predicted octanol–water partition coefficient (Wildman–Crippen LogP) is 1.82. The average molecular weight is 405 g/mol. The maximum atomic E-state index is 11.9. The van der Waals surface area contributed by atoms with Crippen LogP contribution in [0.2, 0.25) is 0 Å². The van der Waals surface area contributed by atoms with E-state index in [1.807, 2.05) is 6.07 Å². The van der Waals surface area contributed by atoms with Crippen LogP contribution in [-0.4, -0.2) is 30.9 Å². The lowest BCUT2D eigenvalue weighted by Crippen LogP contribution is -2.48. The van der Waals surface area contributed by atoms with Gasteiger partial charge in [0.2, 0.25) is 0 Å². The van der Waals surface area contributed by atoms with Gasteiger partial charge in [0.05, 0.1) is 0 Å². The van der Waals surface area contributed by atoms with E-state index < -0.39 is 11.9 Å². The number of hydrazine groups is 1. The molecule has 8 heteroatoms. The number of nitrogens with one attached hydrogen (secondary N) is 4. The molecule has 0 spiro atoms. The molecule has 0 aliphatic heterocycles. The van der Waals surface area contributed by atoms with E-state index in [4.69, 9.17) is 0 Å². The van der Waals surface area contributed by atoms with Crippen LogP contribution in [0.1, 0.15) is 20.7 Å². The Morgan fingerprint density at radius 1 is 0.760 bits per heavy atom. The molecule has 7 nitrogen and oxygen atoms in total. The van der Waals surface area contributed by atoms with Gasteiger partial charge in [-0.15, -0.1) is 0 Å². The molecule has 130 valence electrons. The minimum absolute atomic E-state index is 0.215. The zero-order chi connectivity index (χ0) is 18.1. The number of halogens is 1. The number of carbonyl (C=O) groups is 3. The summed E-state index contributed by atoms with van der Waals surface area (Å²) in [7, 11) is 0. The Kier molecular flexibility index (Phi) is 6.97. The molecule has 0 aliphatic rings. The number of rotatable bonds is 5. The second-order valence-corrected chi connectivity index (χ2v) is 5.88. The first-order chi connectivity index (χ1) is 12.1. The van der Waals surface area contributed by atoms with E-state index in [2.05, 4.69) is 37.4 Å². The second-order valence-electron chi connectivity index (χ2n) is 4.97. The molecule has 0 saturated carbocycles. The van der Waals surface area contributed by atoms with Gasteiger partial charge < -0.3 is 10.6 Å². The monoisotopic (exact) mass is 404 g/mol. The maximum absolute atomic E-state index is 11.9. The summed E-state index contributed by atoms with van der Waals surface area (Å²) in [6.45, 7) is 0.470. The predicted molar refractivity (Wildman–Crippen MR) is 96.9 cm³/mol. The van der Waals surface area contributed by atoms with Crippen molar-refractivity contribution in [2.75, 3.05) is 13.1 Å². The normalized spacial score (nSPS) is 9.80. The summed E-state index contributed by atoms with van der Waals surface area (Å²) in [6, 6.07) is 14.9. The molecule has 0 unspecified atom stereocenters. The zero-order valence-corrected chi connectivity index (χ0v) is 14.8. The van der Waals surface area contributed by atoms with Crippen molar-refractivity contribution in [2.45, 2.75) is 0 Å². The van der Waals surface area contributed by atoms with Gasteiger partial charge in [-0.05, 0) is 30.3 Å². The lowest BCUT2D eigenvalue weighted by Gasteiger charge is -2.10. The van der Waals surface area contributed by atoms with Crippen LogP contribution in [0.3, 0.4) is 0 Å². The highest BCUT2D eigenvalue weighted by atomic mass is 79.9. The Labute approximate surface area is 153 Å². The molecule has 2 aromatic carbocycles. The summed E-state index contributed by atoms with van der Waals surface area (Å²) in [5.74, 6) is -0.653. The van der Waals surface area contributed by atoms with Gasteiger partial charge in [0.1, 0.15) is 0 Å². The van der Waals surface area contributed by atoms with E-state index in [-0.39, 0.29) is 19.0 Å². The van der Waals surface area contributed by atoms with E-state index in [0.717, 1.165) is 4.47 Å². The van der Waals surface area contributed by atoms with Crippen molar-refractivity contribution in [2.24, 2.45) is 0 Å². The van der Waals surface area contributed by atoms with E-state index in [0.29, 0.717) is 11.1 Å². The molecular formula is C17H17BrN4O3. The second kappa shape index (κ2) is 9.43. The van der Waals surface area contributed by atoms with E-state index in [1.54, 1.807) is 48.5 Å². The van der Waals surface area contributed by atoms with Crippen molar-refractivity contribution >= 4 is 33.8 Å². The van der Waals surface area contributed by atoms with Crippen LogP contribution >= 0.6 is 15.9 Å².